The van der Waals surface area contributed by atoms with Crippen LogP contribution in [0.4, 0.5) is 0 Å². The summed E-state index contributed by atoms with van der Waals surface area (Å²) in [5.74, 6) is -0.419. The van der Waals surface area contributed by atoms with E-state index in [1.807, 2.05) is 31.2 Å². The fourth-order valence-corrected chi connectivity index (χ4v) is 2.39. The summed E-state index contributed by atoms with van der Waals surface area (Å²) >= 11 is 6.22. The van der Waals surface area contributed by atoms with E-state index in [9.17, 15) is 4.79 Å². The summed E-state index contributed by atoms with van der Waals surface area (Å²) in [5, 5.41) is 10.2. The maximum Gasteiger partial charge on any atom is 0.272 e. The number of pyridine rings is 1. The minimum absolute atomic E-state index is 0.202. The Morgan fingerprint density at radius 2 is 2.19 bits per heavy atom. The predicted molar refractivity (Wildman–Crippen MR) is 83.1 cm³/mol. The van der Waals surface area contributed by atoms with Gasteiger partial charge in [0, 0.05) is 18.5 Å². The molecule has 2 aromatic rings. The van der Waals surface area contributed by atoms with Crippen LogP contribution in [0.5, 0.6) is 0 Å². The van der Waals surface area contributed by atoms with Crippen molar-refractivity contribution >= 4 is 28.4 Å². The number of benzene rings is 1. The van der Waals surface area contributed by atoms with E-state index in [2.05, 4.69) is 11.1 Å². The normalized spacial score (nSPS) is 11.9. The van der Waals surface area contributed by atoms with Crippen molar-refractivity contribution in [2.45, 2.75) is 13.8 Å². The molecule has 1 heterocycles. The topological polar surface area (TPSA) is 57.0 Å². The van der Waals surface area contributed by atoms with Crippen LogP contribution < -0.4 is 0 Å². The second-order valence-electron chi connectivity index (χ2n) is 4.88. The number of nitriles is 1. The van der Waals surface area contributed by atoms with Crippen molar-refractivity contribution < 1.29 is 4.79 Å². The van der Waals surface area contributed by atoms with Crippen molar-refractivity contribution in [3.05, 3.63) is 41.0 Å². The minimum Gasteiger partial charge on any atom is -0.336 e. The average molecular weight is 302 g/mol. The molecule has 0 aliphatic carbocycles. The molecule has 0 saturated heterocycles. The Balaban J connectivity index is 2.36. The van der Waals surface area contributed by atoms with Gasteiger partial charge in [-0.2, -0.15) is 5.26 Å². The van der Waals surface area contributed by atoms with Crippen LogP contribution in [0.15, 0.2) is 30.3 Å². The van der Waals surface area contributed by atoms with E-state index in [4.69, 9.17) is 16.9 Å². The molecule has 0 fully saturated rings. The van der Waals surface area contributed by atoms with Crippen molar-refractivity contribution in [3.8, 4) is 6.07 Å². The van der Waals surface area contributed by atoms with Crippen LogP contribution in [0.1, 0.15) is 24.3 Å². The van der Waals surface area contributed by atoms with Crippen LogP contribution in [0.25, 0.3) is 10.9 Å². The zero-order chi connectivity index (χ0) is 15.4. The Labute approximate surface area is 129 Å². The smallest absolute Gasteiger partial charge is 0.272 e. The molecule has 0 bridgehead atoms. The van der Waals surface area contributed by atoms with Crippen molar-refractivity contribution in [1.29, 1.82) is 5.26 Å². The number of amides is 1. The van der Waals surface area contributed by atoms with Gasteiger partial charge in [-0.3, -0.25) is 4.79 Å². The molecule has 0 aliphatic heterocycles. The predicted octanol–water partition coefficient (Wildman–Crippen LogP) is 3.51. The number of fused-ring (bicyclic) bond motifs is 1. The summed E-state index contributed by atoms with van der Waals surface area (Å²) < 4.78 is 0. The van der Waals surface area contributed by atoms with Gasteiger partial charge in [-0.15, -0.1) is 0 Å². The molecule has 1 aromatic heterocycles. The number of aromatic nitrogens is 1. The highest BCUT2D eigenvalue weighted by atomic mass is 35.5. The molecule has 108 valence electrons. The van der Waals surface area contributed by atoms with Gasteiger partial charge >= 0.3 is 0 Å². The van der Waals surface area contributed by atoms with Gasteiger partial charge < -0.3 is 4.90 Å². The van der Waals surface area contributed by atoms with Crippen LogP contribution >= 0.6 is 11.6 Å². The zero-order valence-electron chi connectivity index (χ0n) is 12.0. The van der Waals surface area contributed by atoms with E-state index in [0.29, 0.717) is 29.3 Å². The van der Waals surface area contributed by atoms with Gasteiger partial charge in [0.05, 0.1) is 22.5 Å². The summed E-state index contributed by atoms with van der Waals surface area (Å²) in [5.41, 5.74) is 1.00. The molecule has 0 aliphatic rings. The summed E-state index contributed by atoms with van der Waals surface area (Å²) in [6, 6.07) is 11.2. The third-order valence-corrected chi connectivity index (χ3v) is 3.58. The first kappa shape index (κ1) is 15.3. The third-order valence-electron chi connectivity index (χ3n) is 3.27. The Morgan fingerprint density at radius 3 is 2.86 bits per heavy atom. The molecular weight excluding hydrogens is 286 g/mol. The SMILES string of the molecule is CCN(CC(C)C#N)C(=O)c1cc(Cl)c2ccccc2n1. The average Bonchev–Trinajstić information content (AvgIpc) is 2.51. The number of nitrogens with zero attached hydrogens (tertiary/aromatic N) is 3. The Kier molecular flexibility index (Phi) is 4.77. The Morgan fingerprint density at radius 1 is 1.48 bits per heavy atom. The van der Waals surface area contributed by atoms with E-state index < -0.39 is 0 Å². The molecule has 21 heavy (non-hydrogen) atoms. The fraction of sp³-hybridized carbons (Fsp3) is 0.312. The van der Waals surface area contributed by atoms with Crippen LogP contribution in [0.3, 0.4) is 0 Å². The van der Waals surface area contributed by atoms with Crippen molar-refractivity contribution in [2.75, 3.05) is 13.1 Å². The maximum absolute atomic E-state index is 12.5. The van der Waals surface area contributed by atoms with Crippen LogP contribution in [-0.2, 0) is 0 Å². The maximum atomic E-state index is 12.5. The van der Waals surface area contributed by atoms with Crippen molar-refractivity contribution in [1.82, 2.24) is 9.88 Å². The molecule has 0 radical (unpaired) electrons. The Hall–Kier alpha value is -2.12. The van der Waals surface area contributed by atoms with E-state index in [0.717, 1.165) is 5.39 Å². The number of rotatable bonds is 4. The molecule has 0 saturated carbocycles. The molecule has 0 N–H and O–H groups in total. The van der Waals surface area contributed by atoms with Gasteiger partial charge in [0.15, 0.2) is 0 Å². The lowest BCUT2D eigenvalue weighted by molar-refractivity contribution is 0.0747. The monoisotopic (exact) mass is 301 g/mol. The number of carbonyl (C=O) groups is 1. The highest BCUT2D eigenvalue weighted by Crippen LogP contribution is 2.23. The highest BCUT2D eigenvalue weighted by Gasteiger charge is 2.19. The lowest BCUT2D eigenvalue weighted by atomic mass is 10.1. The van der Waals surface area contributed by atoms with Crippen molar-refractivity contribution in [2.24, 2.45) is 5.92 Å². The second-order valence-corrected chi connectivity index (χ2v) is 5.29. The standard InChI is InChI=1S/C16H16ClN3O/c1-3-20(10-11(2)9-18)16(21)15-8-13(17)12-6-4-5-7-14(12)19-15/h4-8,11H,3,10H2,1-2H3. The van der Waals surface area contributed by atoms with Gasteiger partial charge in [-0.25, -0.2) is 4.98 Å². The first-order valence-corrected chi connectivity index (χ1v) is 7.18. The molecule has 1 unspecified atom stereocenters. The lowest BCUT2D eigenvalue weighted by Crippen LogP contribution is -2.34. The van der Waals surface area contributed by atoms with Gasteiger partial charge in [-0.05, 0) is 26.0 Å². The summed E-state index contributed by atoms with van der Waals surface area (Å²) in [7, 11) is 0. The molecule has 1 aromatic carbocycles. The van der Waals surface area contributed by atoms with Crippen molar-refractivity contribution in [3.63, 3.8) is 0 Å². The number of para-hydroxylation sites is 1. The molecular formula is C16H16ClN3O. The van der Waals surface area contributed by atoms with Crippen LogP contribution in [0.2, 0.25) is 5.02 Å². The van der Waals surface area contributed by atoms with Gasteiger partial charge in [0.2, 0.25) is 0 Å². The third kappa shape index (κ3) is 3.32. The molecule has 4 nitrogen and oxygen atoms in total. The molecule has 1 amide bonds. The fourth-order valence-electron chi connectivity index (χ4n) is 2.13. The first-order chi connectivity index (χ1) is 10.1. The first-order valence-electron chi connectivity index (χ1n) is 6.81. The number of hydrogen-bond acceptors (Lipinski definition) is 3. The molecule has 0 spiro atoms. The second kappa shape index (κ2) is 6.55. The summed E-state index contributed by atoms with van der Waals surface area (Å²) in [4.78, 5) is 18.5. The summed E-state index contributed by atoms with van der Waals surface area (Å²) in [6.45, 7) is 4.58. The summed E-state index contributed by atoms with van der Waals surface area (Å²) in [6.07, 6.45) is 0. The number of carbonyl (C=O) groups excluding carboxylic acids is 1. The number of hydrogen-bond donors (Lipinski definition) is 0. The highest BCUT2D eigenvalue weighted by molar-refractivity contribution is 6.35. The minimum atomic E-state index is -0.218. The van der Waals surface area contributed by atoms with Gasteiger partial charge in [0.25, 0.3) is 5.91 Å². The van der Waals surface area contributed by atoms with E-state index in [-0.39, 0.29) is 11.8 Å². The number of halogens is 1. The lowest BCUT2D eigenvalue weighted by Gasteiger charge is -2.21. The molecule has 5 heteroatoms. The largest absolute Gasteiger partial charge is 0.336 e. The molecule has 2 rings (SSSR count). The van der Waals surface area contributed by atoms with E-state index >= 15 is 0 Å². The van der Waals surface area contributed by atoms with Gasteiger partial charge in [-0.1, -0.05) is 29.8 Å². The zero-order valence-corrected chi connectivity index (χ0v) is 12.8. The van der Waals surface area contributed by atoms with E-state index in [1.54, 1.807) is 17.9 Å². The van der Waals surface area contributed by atoms with Gasteiger partial charge in [0.1, 0.15) is 5.69 Å². The Bertz CT molecular complexity index is 708. The van der Waals surface area contributed by atoms with E-state index in [1.165, 1.54) is 0 Å². The van der Waals surface area contributed by atoms with Crippen LogP contribution in [-0.4, -0.2) is 28.9 Å². The molecule has 1 atom stereocenters. The quantitative estimate of drug-likeness (QED) is 0.868. The van der Waals surface area contributed by atoms with Crippen LogP contribution in [0, 0.1) is 17.2 Å².